The maximum absolute atomic E-state index is 14.1. The summed E-state index contributed by atoms with van der Waals surface area (Å²) in [6, 6.07) is 8.11. The number of aromatic nitrogens is 3. The first-order valence-corrected chi connectivity index (χ1v) is 12.9. The Bertz CT molecular complexity index is 1750. The maximum Gasteiger partial charge on any atom is 0.294 e. The van der Waals surface area contributed by atoms with Crippen LogP contribution in [0.1, 0.15) is 0 Å². The lowest BCUT2D eigenvalue weighted by Gasteiger charge is -2.45. The fourth-order valence-corrected chi connectivity index (χ4v) is 4.51. The summed E-state index contributed by atoms with van der Waals surface area (Å²) in [5.41, 5.74) is 1.50. The third-order valence-electron chi connectivity index (χ3n) is 6.97. The van der Waals surface area contributed by atoms with E-state index in [9.17, 15) is 18.4 Å². The highest BCUT2D eigenvalue weighted by Crippen LogP contribution is 2.40. The quantitative estimate of drug-likeness (QED) is 0.285. The number of hydrogen-bond acceptors (Lipinski definition) is 9. The first-order chi connectivity index (χ1) is 20.1. The fraction of sp³-hybridized carbons (Fsp3) is 0.241. The number of rotatable bonds is 9. The monoisotopic (exact) mass is 577 g/mol. The molecule has 0 atom stereocenters. The summed E-state index contributed by atoms with van der Waals surface area (Å²) in [5.74, 6) is -1.91. The van der Waals surface area contributed by atoms with Crippen LogP contribution in [0.15, 0.2) is 60.0 Å². The lowest BCUT2D eigenvalue weighted by molar-refractivity contribution is -0.111. The average molecular weight is 578 g/mol. The molecular formula is C29H29F2N7O4. The van der Waals surface area contributed by atoms with E-state index in [0.29, 0.717) is 34.6 Å². The van der Waals surface area contributed by atoms with Crippen LogP contribution in [-0.4, -0.2) is 65.7 Å². The smallest absolute Gasteiger partial charge is 0.294 e. The molecule has 0 saturated carbocycles. The molecule has 42 heavy (non-hydrogen) atoms. The molecule has 2 N–H and O–H groups in total. The predicted molar refractivity (Wildman–Crippen MR) is 156 cm³/mol. The molecule has 2 aromatic heterocycles. The van der Waals surface area contributed by atoms with Crippen molar-refractivity contribution in [3.8, 4) is 17.2 Å². The van der Waals surface area contributed by atoms with E-state index in [4.69, 9.17) is 9.47 Å². The van der Waals surface area contributed by atoms with Gasteiger partial charge in [-0.2, -0.15) is 4.98 Å². The molecule has 218 valence electrons. The highest BCUT2D eigenvalue weighted by Gasteiger charge is 2.31. The summed E-state index contributed by atoms with van der Waals surface area (Å²) in [4.78, 5) is 38.4. The van der Waals surface area contributed by atoms with Crippen LogP contribution >= 0.6 is 0 Å². The van der Waals surface area contributed by atoms with Crippen LogP contribution in [0.3, 0.4) is 0 Å². The molecule has 0 unspecified atom stereocenters. The second kappa shape index (κ2) is 11.4. The maximum atomic E-state index is 14.1. The van der Waals surface area contributed by atoms with E-state index >= 15 is 0 Å². The van der Waals surface area contributed by atoms with Gasteiger partial charge in [-0.05, 0) is 44.4 Å². The number of aryl methyl sites for hydroxylation is 1. The number of likely N-dealkylation sites (N-methyl/N-ethyl adjacent to an activating group) is 1. The van der Waals surface area contributed by atoms with Crippen molar-refractivity contribution in [3.05, 3.63) is 77.2 Å². The second-order valence-corrected chi connectivity index (χ2v) is 9.93. The van der Waals surface area contributed by atoms with Gasteiger partial charge in [0.15, 0.2) is 17.3 Å². The van der Waals surface area contributed by atoms with Gasteiger partial charge < -0.3 is 29.9 Å². The molecule has 1 amide bonds. The van der Waals surface area contributed by atoms with Gasteiger partial charge in [-0.1, -0.05) is 6.58 Å². The Kier molecular flexibility index (Phi) is 7.77. The number of carbonyl (C=O) groups excluding carboxylic acids is 1. The number of methoxy groups -OCH3 is 1. The van der Waals surface area contributed by atoms with E-state index < -0.39 is 17.2 Å². The predicted octanol–water partition coefficient (Wildman–Crippen LogP) is 4.03. The van der Waals surface area contributed by atoms with Crippen molar-refractivity contribution in [1.29, 1.82) is 0 Å². The zero-order valence-corrected chi connectivity index (χ0v) is 23.4. The molecule has 4 aromatic rings. The summed E-state index contributed by atoms with van der Waals surface area (Å²) in [6.07, 6.45) is 2.66. The molecule has 0 aliphatic carbocycles. The summed E-state index contributed by atoms with van der Waals surface area (Å²) in [7, 11) is 7.06. The van der Waals surface area contributed by atoms with Gasteiger partial charge in [0.25, 0.3) is 5.56 Å². The minimum absolute atomic E-state index is 0.152. The Hall–Kier alpha value is -5.04. The highest BCUT2D eigenvalue weighted by molar-refractivity contribution is 6.02. The summed E-state index contributed by atoms with van der Waals surface area (Å²) in [5, 5.41) is 6.40. The summed E-state index contributed by atoms with van der Waals surface area (Å²) >= 11 is 0. The van der Waals surface area contributed by atoms with Crippen molar-refractivity contribution in [2.45, 2.75) is 6.04 Å². The van der Waals surface area contributed by atoms with E-state index in [-0.39, 0.29) is 29.0 Å². The average Bonchev–Trinajstić information content (AvgIpc) is 2.93. The van der Waals surface area contributed by atoms with Gasteiger partial charge in [-0.3, -0.25) is 14.2 Å². The molecule has 0 radical (unpaired) electrons. The molecule has 13 heteroatoms. The molecule has 0 bridgehead atoms. The van der Waals surface area contributed by atoms with Crippen molar-refractivity contribution in [2.24, 2.45) is 7.05 Å². The molecule has 5 rings (SSSR count). The highest BCUT2D eigenvalue weighted by atomic mass is 19.1. The van der Waals surface area contributed by atoms with Crippen LogP contribution in [0.2, 0.25) is 0 Å². The molecule has 1 saturated heterocycles. The number of anilines is 4. The van der Waals surface area contributed by atoms with Gasteiger partial charge in [0.05, 0.1) is 24.2 Å². The third kappa shape index (κ3) is 5.59. The number of halogens is 2. The molecule has 2 aromatic carbocycles. The Balaban J connectivity index is 1.47. The number of benzene rings is 2. The van der Waals surface area contributed by atoms with Crippen LogP contribution in [0, 0.1) is 11.6 Å². The molecule has 1 aliphatic heterocycles. The lowest BCUT2D eigenvalue weighted by Crippen LogP contribution is -2.57. The summed E-state index contributed by atoms with van der Waals surface area (Å²) < 4.78 is 39.7. The Morgan fingerprint density at radius 3 is 2.55 bits per heavy atom. The summed E-state index contributed by atoms with van der Waals surface area (Å²) in [6.45, 7) is 5.10. The van der Waals surface area contributed by atoms with E-state index in [1.807, 2.05) is 20.2 Å². The molecule has 11 nitrogen and oxygen atoms in total. The van der Waals surface area contributed by atoms with Gasteiger partial charge in [-0.25, -0.2) is 13.8 Å². The van der Waals surface area contributed by atoms with Crippen molar-refractivity contribution >= 4 is 40.0 Å². The molecule has 1 fully saturated rings. The largest absolute Gasteiger partial charge is 0.494 e. The topological polar surface area (TPSA) is 114 Å². The number of fused-ring (bicyclic) bond motifs is 1. The third-order valence-corrected chi connectivity index (χ3v) is 6.97. The lowest BCUT2D eigenvalue weighted by atomic mass is 10.0. The van der Waals surface area contributed by atoms with Crippen LogP contribution in [0.4, 0.5) is 31.8 Å². The minimum atomic E-state index is -0.941. The number of amides is 1. The minimum Gasteiger partial charge on any atom is -0.494 e. The van der Waals surface area contributed by atoms with Gasteiger partial charge in [-0.15, -0.1) is 0 Å². The zero-order valence-electron chi connectivity index (χ0n) is 23.4. The van der Waals surface area contributed by atoms with Crippen molar-refractivity contribution in [1.82, 2.24) is 19.4 Å². The number of nitrogens with zero attached hydrogens (tertiary/aromatic N) is 5. The van der Waals surface area contributed by atoms with Crippen LogP contribution in [-0.2, 0) is 11.8 Å². The van der Waals surface area contributed by atoms with Crippen LogP contribution < -0.4 is 30.6 Å². The number of carbonyl (C=O) groups is 1. The molecule has 0 spiro atoms. The Morgan fingerprint density at radius 2 is 1.88 bits per heavy atom. The molecule has 1 aliphatic rings. The zero-order chi connectivity index (χ0) is 30.1. The number of ether oxygens (including phenoxy) is 2. The fourth-order valence-electron chi connectivity index (χ4n) is 4.51. The van der Waals surface area contributed by atoms with Gasteiger partial charge in [0.1, 0.15) is 17.2 Å². The first-order valence-electron chi connectivity index (χ1n) is 12.9. The number of pyridine rings is 1. The molecule has 3 heterocycles. The normalized spacial score (nSPS) is 13.2. The van der Waals surface area contributed by atoms with Crippen molar-refractivity contribution in [2.75, 3.05) is 49.8 Å². The number of nitrogens with one attached hydrogen (secondary N) is 2. The Labute approximate surface area is 240 Å². The van der Waals surface area contributed by atoms with E-state index in [2.05, 4.69) is 37.0 Å². The second-order valence-electron chi connectivity index (χ2n) is 9.93. The van der Waals surface area contributed by atoms with Crippen molar-refractivity contribution < 1.29 is 23.0 Å². The van der Waals surface area contributed by atoms with E-state index in [1.54, 1.807) is 6.07 Å². The van der Waals surface area contributed by atoms with Crippen LogP contribution in [0.5, 0.6) is 17.2 Å². The standard InChI is InChI=1S/C29H29F2N7O4/c1-6-26(39)33-20-11-21(24(41-5)12-22(20)38-14-18(15-38)36(2)3)34-29-32-13-16-9-25(28(40)37(4)27(16)35-29)42-23-8-7-17(30)10-19(23)31/h6-13,18H,1,14-15H2,2-5H3,(H,33,39)(H,32,34,35). The van der Waals surface area contributed by atoms with E-state index in [0.717, 1.165) is 30.9 Å². The first kappa shape index (κ1) is 28.5. The molecular weight excluding hydrogens is 548 g/mol. The van der Waals surface area contributed by atoms with Gasteiger partial charge in [0, 0.05) is 49.9 Å². The van der Waals surface area contributed by atoms with Gasteiger partial charge in [0.2, 0.25) is 11.9 Å². The van der Waals surface area contributed by atoms with E-state index in [1.165, 1.54) is 37.1 Å². The van der Waals surface area contributed by atoms with Gasteiger partial charge >= 0.3 is 0 Å². The SMILES string of the molecule is C=CC(=O)Nc1cc(Nc2ncc3cc(Oc4ccc(F)cc4F)c(=O)n(C)c3n2)c(OC)cc1N1CC(N(C)C)C1. The van der Waals surface area contributed by atoms with Crippen LogP contribution in [0.25, 0.3) is 11.0 Å². The van der Waals surface area contributed by atoms with Crippen molar-refractivity contribution in [3.63, 3.8) is 0 Å². The number of hydrogen-bond donors (Lipinski definition) is 2. The Morgan fingerprint density at radius 1 is 1.12 bits per heavy atom.